The molecule has 50 rings (SSSR count). The van der Waals surface area contributed by atoms with E-state index in [0.29, 0.717) is 0 Å². The third-order valence-corrected chi connectivity index (χ3v) is 59.8. The van der Waals surface area contributed by atoms with Crippen LogP contribution in [0.4, 0.5) is 0 Å². The van der Waals surface area contributed by atoms with Crippen molar-refractivity contribution in [2.75, 3.05) is 0 Å². The predicted octanol–water partition coefficient (Wildman–Crippen LogP) is 4.76. The molecule has 50 aliphatic carbocycles. The summed E-state index contributed by atoms with van der Waals surface area (Å²) in [6.07, 6.45) is 7.70. The summed E-state index contributed by atoms with van der Waals surface area (Å²) in [5, 5.41) is 0. The summed E-state index contributed by atoms with van der Waals surface area (Å²) in [4.78, 5) is 0. The second kappa shape index (κ2) is 3.00. The Morgan fingerprint density at radius 2 is 0.591 bits per heavy atom. The van der Waals surface area contributed by atoms with Crippen molar-refractivity contribution in [1.82, 2.24) is 0 Å². The van der Waals surface area contributed by atoms with E-state index in [4.69, 9.17) is 0 Å². The van der Waals surface area contributed by atoms with Crippen molar-refractivity contribution in [3.63, 3.8) is 0 Å². The fraction of sp³-hybridized carbons (Fsp3) is 1.00. The van der Waals surface area contributed by atoms with Crippen LogP contribution in [0.1, 0.15) is 25.7 Å². The normalized spacial score (nSPS) is 149. The van der Waals surface area contributed by atoms with Gasteiger partial charge in [0.15, 0.2) is 0 Å². The molecule has 0 radical (unpaired) electrons. The molecule has 0 heterocycles. The van der Waals surface area contributed by atoms with Gasteiger partial charge in [0.2, 0.25) is 0 Å². The first kappa shape index (κ1) is 21.1. The van der Waals surface area contributed by atoms with Gasteiger partial charge in [-0.3, -0.25) is 0 Å². The van der Waals surface area contributed by atoms with Crippen molar-refractivity contribution < 1.29 is 0 Å². The second-order valence-electron chi connectivity index (χ2n) is 43.9. The van der Waals surface area contributed by atoms with Gasteiger partial charge < -0.3 is 0 Å². The fourth-order valence-electron chi connectivity index (χ4n) is 78.2. The molecule has 298 valence electrons. The maximum atomic E-state index is 1.98. The van der Waals surface area contributed by atoms with Crippen molar-refractivity contribution in [1.29, 1.82) is 0 Å². The van der Waals surface area contributed by atoms with E-state index in [1.165, 1.54) is 154 Å². The van der Waals surface area contributed by atoms with Crippen molar-refractivity contribution in [2.45, 2.75) is 25.7 Å². The Kier molecular flexibility index (Phi) is 0.958. The molecule has 0 aromatic carbocycles. The van der Waals surface area contributed by atoms with Gasteiger partial charge in [-0.15, -0.1) is 0 Å². The molecule has 0 bridgehead atoms. The monoisotopic (exact) mass is 826 g/mol. The van der Waals surface area contributed by atoms with Gasteiger partial charge in [0.1, 0.15) is 0 Å². The molecule has 0 aliphatic heterocycles. The SMILES string of the molecule is C1C2C3C4C5CC6C7C8C9C%10C[C@H]%11C%12[C@H]%13C%14[C@H]%15C%16[C@H]%17C%18CC%19C%20C%21C%22C1C21[C@H]2C3%23[C@H]3C4%24[C@H]4C5%25[C@@H]6C75C86C97C%10%11C%128C%139C%14%10C%15%11C%16%12C%17%13C%19%18C%20%14C%21%15C%221C21C%232C3%16C%243C4%17C%255C64C78C95C%106C%117C%128C%14%13C%151C28C%167C36C%1745. The molecular formula is C66H34. The summed E-state index contributed by atoms with van der Waals surface area (Å²) in [5.41, 5.74) is 40.9. The van der Waals surface area contributed by atoms with Crippen molar-refractivity contribution in [2.24, 2.45) is 349 Å². The highest BCUT2D eigenvalue weighted by Crippen LogP contribution is 3.79. The third kappa shape index (κ3) is 0.409. The Labute approximate surface area is 372 Å². The standard InChI is InChI=1S/C66H34/c1-5-13-21-17-9-3-11-20-23-26-25-24-19-12-4-10-18-22-16-8-2-7-15-14-6(1)32-27(5)37(13)43(21)39(17)35(9,11)42(20)45(23)48(26)47(25)46(24)41(19)36(10,12)40(18)44(22)38(16)31(7,8)28-33(15)30-34(14)29(32)50-52(32,37)58(43)56(39,42)59(45)62(48)61(47)60(46)55(40,41)57(44)49(28,38)53(33)51(30)54(34,50)66(62,63(50,58)59)64(51,61)65(53,57)60/h5-30H,1-4H2/t5?,6?,7?,8?,9?,10?,11-,12?,13?,14?,15?,16?,17?,18?,19+,20?,21?,22?,23-,24?,25+,26?,27+,28-,29+,30-,31?,32?,33?,34?,35?,36?,37?,38?,39?,40?,41?,42?,43?,44?,45?,46?,47?,48?,49?,50?,51?,52?,53?,54?,55?,56?,57?,58?,59?,60?,61?,62?,63?,64?,65?,66?/m0/s1. The quantitative estimate of drug-likeness (QED) is 0.331. The first-order valence-electron chi connectivity index (χ1n) is 32.8. The predicted molar refractivity (Wildman–Crippen MR) is 197 cm³/mol. The molecule has 54 unspecified atom stereocenters. The minimum atomic E-state index is 1.08. The number of hydrogen-bond acceptors (Lipinski definition) is 0. The molecule has 0 N–H and O–H groups in total. The highest BCUT2D eigenvalue weighted by atomic mass is 15.8. The van der Waals surface area contributed by atoms with E-state index in [1.54, 1.807) is 0 Å². The molecular weight excluding hydrogens is 793 g/mol. The Morgan fingerprint density at radius 1 is 0.197 bits per heavy atom. The molecule has 50 saturated carbocycles. The van der Waals surface area contributed by atoms with Crippen LogP contribution < -0.4 is 0 Å². The first-order chi connectivity index (χ1) is 32.8. The van der Waals surface area contributed by atoms with Gasteiger partial charge in [-0.2, -0.15) is 0 Å². The maximum absolute atomic E-state index is 1.98. The summed E-state index contributed by atoms with van der Waals surface area (Å²) in [7, 11) is 0. The van der Waals surface area contributed by atoms with Crippen LogP contribution in [0.15, 0.2) is 0 Å². The van der Waals surface area contributed by atoms with Crippen LogP contribution in [-0.2, 0) is 0 Å². The van der Waals surface area contributed by atoms with Gasteiger partial charge in [-0.05, 0) is 374 Å². The van der Waals surface area contributed by atoms with Crippen LogP contribution in [0.3, 0.4) is 0 Å². The Balaban J connectivity index is 0.780. The van der Waals surface area contributed by atoms with Gasteiger partial charge >= 0.3 is 0 Å². The molecule has 0 aromatic rings. The molecule has 0 saturated heterocycles. The summed E-state index contributed by atoms with van der Waals surface area (Å²) in [6, 6.07) is 0. The zero-order valence-corrected chi connectivity index (χ0v) is 35.8. The molecule has 0 amide bonds. The zero-order valence-electron chi connectivity index (χ0n) is 35.8. The van der Waals surface area contributed by atoms with E-state index >= 15 is 0 Å². The summed E-state index contributed by atoms with van der Waals surface area (Å²) >= 11 is 0. The van der Waals surface area contributed by atoms with Gasteiger partial charge in [0.25, 0.3) is 0 Å². The zero-order chi connectivity index (χ0) is 35.8. The van der Waals surface area contributed by atoms with Crippen molar-refractivity contribution >= 4 is 0 Å². The average Bonchev–Trinajstić information content (AvgIpc) is 3.71. The van der Waals surface area contributed by atoms with Gasteiger partial charge in [0.05, 0.1) is 0 Å². The van der Waals surface area contributed by atoms with Crippen LogP contribution in [0.25, 0.3) is 0 Å². The lowest BCUT2D eigenvalue weighted by molar-refractivity contribution is -1.29. The minimum Gasteiger partial charge on any atom is -0.0461 e. The Bertz CT molecular complexity index is 4900. The smallest absolute Gasteiger partial charge is 0.0000894 e. The van der Waals surface area contributed by atoms with Crippen LogP contribution in [0.5, 0.6) is 0 Å². The van der Waals surface area contributed by atoms with E-state index in [1.807, 2.05) is 25.7 Å². The largest absolute Gasteiger partial charge is 0.0461 e. The molecule has 0 aromatic heterocycles. The number of rotatable bonds is 0. The van der Waals surface area contributed by atoms with Crippen LogP contribution >= 0.6 is 0 Å². The average molecular weight is 827 g/mol. The molecule has 50 aliphatic rings. The Hall–Kier alpha value is 0. The third-order valence-electron chi connectivity index (χ3n) is 59.8. The lowest BCUT2D eigenvalue weighted by Gasteiger charge is -3.73. The van der Waals surface area contributed by atoms with Gasteiger partial charge in [-0.25, -0.2) is 0 Å². The van der Waals surface area contributed by atoms with E-state index in [9.17, 15) is 0 Å². The Morgan fingerprint density at radius 3 is 1.35 bits per heavy atom. The molecule has 36 spiro atoms. The summed E-state index contributed by atoms with van der Waals surface area (Å²) in [6.45, 7) is 0. The lowest BCUT2D eigenvalue weighted by atomic mass is 8.29. The van der Waals surface area contributed by atoms with Gasteiger partial charge in [-0.1, -0.05) is 0 Å². The summed E-state index contributed by atoms with van der Waals surface area (Å²) < 4.78 is 0. The molecule has 66 heavy (non-hydrogen) atoms. The highest BCUT2D eigenvalue weighted by molar-refractivity contribution is 6.22. The van der Waals surface area contributed by atoms with E-state index < -0.39 is 0 Å². The first-order valence-corrected chi connectivity index (χ1v) is 32.8. The maximum Gasteiger partial charge on any atom is -0.0000894 e. The molecule has 50 fully saturated rings. The molecule has 0 heteroatoms. The topological polar surface area (TPSA) is 0 Å². The van der Waals surface area contributed by atoms with Crippen molar-refractivity contribution in [3.05, 3.63) is 0 Å². The van der Waals surface area contributed by atoms with Crippen molar-refractivity contribution in [3.8, 4) is 0 Å². The number of hydrogen-bond donors (Lipinski definition) is 0. The van der Waals surface area contributed by atoms with Crippen LogP contribution in [-0.4, -0.2) is 0 Å². The van der Waals surface area contributed by atoms with E-state index in [0.717, 1.165) is 195 Å². The minimum absolute atomic E-state index is 1.08. The van der Waals surface area contributed by atoms with Gasteiger partial charge in [0, 0.05) is 0 Å². The van der Waals surface area contributed by atoms with Crippen LogP contribution in [0.2, 0.25) is 0 Å². The molecule has 62 atom stereocenters. The lowest BCUT2D eigenvalue weighted by Crippen LogP contribution is -3.72. The highest BCUT2D eigenvalue weighted by Gasteiger charge is 3.78. The van der Waals surface area contributed by atoms with E-state index in [2.05, 4.69) is 0 Å². The van der Waals surface area contributed by atoms with Crippen LogP contribution in [0, 0.1) is 349 Å². The molecule has 0 nitrogen and oxygen atoms in total. The second-order valence-corrected chi connectivity index (χ2v) is 43.9. The number of fused-ring (bicyclic) bond motifs is 18. The summed E-state index contributed by atoms with van der Waals surface area (Å²) in [5.74, 6) is 37.1. The fourth-order valence-corrected chi connectivity index (χ4v) is 78.2. The van der Waals surface area contributed by atoms with E-state index in [-0.39, 0.29) is 0 Å².